The summed E-state index contributed by atoms with van der Waals surface area (Å²) in [6.07, 6.45) is 0. The highest BCUT2D eigenvalue weighted by Gasteiger charge is 2.16. The molecule has 0 spiro atoms. The van der Waals surface area contributed by atoms with Gasteiger partial charge in [0.05, 0.1) is 28.3 Å². The fraction of sp³-hybridized carbons (Fsp3) is 0.111. The Balaban J connectivity index is 2.20. The molecule has 0 saturated carbocycles. The van der Waals surface area contributed by atoms with Crippen molar-refractivity contribution in [2.75, 3.05) is 6.61 Å². The number of para-hydroxylation sites is 1. The largest absolute Gasteiger partial charge is 0.462 e. The first-order valence-corrected chi connectivity index (χ1v) is 7.42. The van der Waals surface area contributed by atoms with Gasteiger partial charge in [-0.3, -0.25) is 10.1 Å². The number of nitro benzene ring substituents is 1. The molecule has 0 N–H and O–H groups in total. The Morgan fingerprint density at radius 2 is 1.96 bits per heavy atom. The first-order chi connectivity index (χ1) is 11.6. The Kier molecular flexibility index (Phi) is 4.20. The minimum Gasteiger partial charge on any atom is -0.462 e. The predicted octanol–water partition coefficient (Wildman–Crippen LogP) is 3.99. The van der Waals surface area contributed by atoms with Crippen LogP contribution in [0.4, 0.5) is 5.69 Å². The van der Waals surface area contributed by atoms with Gasteiger partial charge in [0.2, 0.25) is 0 Å². The number of rotatable bonds is 4. The molecular formula is C18H14N2O4. The maximum absolute atomic E-state index is 12.3. The Labute approximate surface area is 137 Å². The molecule has 0 bridgehead atoms. The molecule has 0 aliphatic carbocycles. The second-order valence-corrected chi connectivity index (χ2v) is 5.10. The fourth-order valence-electron chi connectivity index (χ4n) is 2.48. The summed E-state index contributed by atoms with van der Waals surface area (Å²) < 4.78 is 5.11. The molecule has 0 aliphatic rings. The van der Waals surface area contributed by atoms with Crippen molar-refractivity contribution in [1.29, 1.82) is 0 Å². The first kappa shape index (κ1) is 15.6. The minimum atomic E-state index is -0.462. The van der Waals surface area contributed by atoms with Crippen LogP contribution in [0, 0.1) is 10.1 Å². The van der Waals surface area contributed by atoms with E-state index in [0.29, 0.717) is 27.7 Å². The van der Waals surface area contributed by atoms with Gasteiger partial charge in [-0.25, -0.2) is 9.78 Å². The van der Waals surface area contributed by atoms with Gasteiger partial charge in [0.1, 0.15) is 0 Å². The molecule has 0 saturated heterocycles. The highest BCUT2D eigenvalue weighted by atomic mass is 16.6. The standard InChI is InChI=1S/C18H14N2O4/c1-2-24-18(21)15-11-17(19-16-9-4-3-8-14(15)16)12-6-5-7-13(10-12)20(22)23/h3-11H,2H2,1H3. The third-order valence-corrected chi connectivity index (χ3v) is 3.56. The fourth-order valence-corrected chi connectivity index (χ4v) is 2.48. The van der Waals surface area contributed by atoms with E-state index in [1.54, 1.807) is 37.3 Å². The Bertz CT molecular complexity index is 937. The Morgan fingerprint density at radius 3 is 2.71 bits per heavy atom. The number of benzene rings is 2. The van der Waals surface area contributed by atoms with Crippen molar-refractivity contribution in [1.82, 2.24) is 4.98 Å². The summed E-state index contributed by atoms with van der Waals surface area (Å²) in [4.78, 5) is 27.3. The van der Waals surface area contributed by atoms with E-state index < -0.39 is 10.9 Å². The molecule has 1 heterocycles. The maximum atomic E-state index is 12.3. The summed E-state index contributed by atoms with van der Waals surface area (Å²) >= 11 is 0. The van der Waals surface area contributed by atoms with Crippen LogP contribution in [0.3, 0.4) is 0 Å². The number of carbonyl (C=O) groups is 1. The van der Waals surface area contributed by atoms with E-state index in [1.165, 1.54) is 12.1 Å². The van der Waals surface area contributed by atoms with Crippen LogP contribution in [0.25, 0.3) is 22.2 Å². The van der Waals surface area contributed by atoms with E-state index in [4.69, 9.17) is 4.74 Å². The number of non-ortho nitro benzene ring substituents is 1. The average molecular weight is 322 g/mol. The van der Waals surface area contributed by atoms with E-state index in [-0.39, 0.29) is 12.3 Å². The summed E-state index contributed by atoms with van der Waals surface area (Å²) in [6, 6.07) is 15.0. The number of carbonyl (C=O) groups excluding carboxylic acids is 1. The van der Waals surface area contributed by atoms with Crippen molar-refractivity contribution in [3.8, 4) is 11.3 Å². The van der Waals surface area contributed by atoms with E-state index in [9.17, 15) is 14.9 Å². The van der Waals surface area contributed by atoms with E-state index in [2.05, 4.69) is 4.98 Å². The normalized spacial score (nSPS) is 10.5. The maximum Gasteiger partial charge on any atom is 0.338 e. The third-order valence-electron chi connectivity index (χ3n) is 3.56. The van der Waals surface area contributed by atoms with Crippen molar-refractivity contribution in [3.05, 3.63) is 70.3 Å². The summed E-state index contributed by atoms with van der Waals surface area (Å²) in [7, 11) is 0. The number of fused-ring (bicyclic) bond motifs is 1. The first-order valence-electron chi connectivity index (χ1n) is 7.42. The number of nitro groups is 1. The number of hydrogen-bond donors (Lipinski definition) is 0. The summed E-state index contributed by atoms with van der Waals surface area (Å²) in [6.45, 7) is 2.00. The monoisotopic (exact) mass is 322 g/mol. The van der Waals surface area contributed by atoms with Crippen LogP contribution >= 0.6 is 0 Å². The molecule has 3 rings (SSSR count). The molecule has 6 nitrogen and oxygen atoms in total. The van der Waals surface area contributed by atoms with E-state index in [1.807, 2.05) is 12.1 Å². The van der Waals surface area contributed by atoms with Crippen LogP contribution in [-0.4, -0.2) is 22.5 Å². The molecule has 0 unspecified atom stereocenters. The molecule has 0 radical (unpaired) electrons. The zero-order valence-electron chi connectivity index (χ0n) is 12.9. The molecule has 0 fully saturated rings. The SMILES string of the molecule is CCOC(=O)c1cc(-c2cccc([N+](=O)[O-])c2)nc2ccccc12. The third kappa shape index (κ3) is 2.94. The van der Waals surface area contributed by atoms with Crippen molar-refractivity contribution in [2.45, 2.75) is 6.92 Å². The summed E-state index contributed by atoms with van der Waals surface area (Å²) in [5.41, 5.74) is 2.05. The second kappa shape index (κ2) is 6.45. The zero-order valence-corrected chi connectivity index (χ0v) is 12.9. The van der Waals surface area contributed by atoms with Crippen molar-refractivity contribution in [3.63, 3.8) is 0 Å². The molecule has 0 amide bonds. The van der Waals surface area contributed by atoms with Gasteiger partial charge in [-0.15, -0.1) is 0 Å². The number of esters is 1. The lowest BCUT2D eigenvalue weighted by Crippen LogP contribution is -2.06. The number of aromatic nitrogens is 1. The van der Waals surface area contributed by atoms with E-state index >= 15 is 0 Å². The summed E-state index contributed by atoms with van der Waals surface area (Å²) in [5.74, 6) is -0.442. The van der Waals surface area contributed by atoms with Gasteiger partial charge in [-0.05, 0) is 19.1 Å². The highest BCUT2D eigenvalue weighted by molar-refractivity contribution is 6.04. The zero-order chi connectivity index (χ0) is 17.1. The molecule has 120 valence electrons. The van der Waals surface area contributed by atoms with Crippen LogP contribution in [0.1, 0.15) is 17.3 Å². The predicted molar refractivity (Wildman–Crippen MR) is 89.8 cm³/mol. The number of hydrogen-bond acceptors (Lipinski definition) is 5. The van der Waals surface area contributed by atoms with Gasteiger partial charge in [-0.2, -0.15) is 0 Å². The molecular weight excluding hydrogens is 308 g/mol. The second-order valence-electron chi connectivity index (χ2n) is 5.10. The van der Waals surface area contributed by atoms with Crippen LogP contribution in [0.5, 0.6) is 0 Å². The van der Waals surface area contributed by atoms with Crippen LogP contribution in [0.15, 0.2) is 54.6 Å². The molecule has 3 aromatic rings. The molecule has 6 heteroatoms. The smallest absolute Gasteiger partial charge is 0.338 e. The van der Waals surface area contributed by atoms with Gasteiger partial charge in [0, 0.05) is 23.1 Å². The Hall–Kier alpha value is -3.28. The lowest BCUT2D eigenvalue weighted by atomic mass is 10.0. The molecule has 1 aromatic heterocycles. The number of pyridine rings is 1. The Morgan fingerprint density at radius 1 is 1.17 bits per heavy atom. The van der Waals surface area contributed by atoms with Crippen molar-refractivity contribution in [2.24, 2.45) is 0 Å². The van der Waals surface area contributed by atoms with Gasteiger partial charge >= 0.3 is 5.97 Å². The van der Waals surface area contributed by atoms with Gasteiger partial charge in [-0.1, -0.05) is 30.3 Å². The average Bonchev–Trinajstić information content (AvgIpc) is 2.61. The van der Waals surface area contributed by atoms with Crippen LogP contribution < -0.4 is 0 Å². The molecule has 0 aliphatic heterocycles. The molecule has 2 aromatic carbocycles. The number of nitrogens with zero attached hydrogens (tertiary/aromatic N) is 2. The van der Waals surface area contributed by atoms with Gasteiger partial charge in [0.15, 0.2) is 0 Å². The summed E-state index contributed by atoms with van der Waals surface area (Å²) in [5, 5.41) is 11.7. The minimum absolute atomic E-state index is 0.0276. The van der Waals surface area contributed by atoms with Crippen molar-refractivity contribution >= 4 is 22.6 Å². The van der Waals surface area contributed by atoms with E-state index in [0.717, 1.165) is 0 Å². The lowest BCUT2D eigenvalue weighted by Gasteiger charge is -2.09. The van der Waals surface area contributed by atoms with Crippen molar-refractivity contribution < 1.29 is 14.5 Å². The molecule has 0 atom stereocenters. The number of ether oxygens (including phenoxy) is 1. The van der Waals surface area contributed by atoms with Crippen LogP contribution in [-0.2, 0) is 4.74 Å². The van der Waals surface area contributed by atoms with Gasteiger partial charge < -0.3 is 4.74 Å². The quantitative estimate of drug-likeness (QED) is 0.412. The van der Waals surface area contributed by atoms with Gasteiger partial charge in [0.25, 0.3) is 5.69 Å². The lowest BCUT2D eigenvalue weighted by molar-refractivity contribution is -0.384. The topological polar surface area (TPSA) is 82.3 Å². The highest BCUT2D eigenvalue weighted by Crippen LogP contribution is 2.27. The molecule has 24 heavy (non-hydrogen) atoms. The van der Waals surface area contributed by atoms with Crippen LogP contribution in [0.2, 0.25) is 0 Å².